The number of thioether (sulfide) groups is 1. The Balaban J connectivity index is 1.50. The molecule has 26 heavy (non-hydrogen) atoms. The summed E-state index contributed by atoms with van der Waals surface area (Å²) in [5.74, 6) is 1.41. The summed E-state index contributed by atoms with van der Waals surface area (Å²) in [5.41, 5.74) is 0.873. The molecule has 140 valence electrons. The molecule has 1 N–H and O–H groups in total. The molecule has 1 aliphatic rings. The van der Waals surface area contributed by atoms with Gasteiger partial charge in [-0.25, -0.2) is 0 Å². The lowest BCUT2D eigenvalue weighted by Crippen LogP contribution is -2.32. The second-order valence-electron chi connectivity index (χ2n) is 6.96. The highest BCUT2D eigenvalue weighted by Crippen LogP contribution is 2.28. The maximum atomic E-state index is 10.5. The summed E-state index contributed by atoms with van der Waals surface area (Å²) in [5, 5.41) is 11.2. The lowest BCUT2D eigenvalue weighted by molar-refractivity contribution is 0.107. The van der Waals surface area contributed by atoms with E-state index < -0.39 is 6.10 Å². The van der Waals surface area contributed by atoms with Gasteiger partial charge in [-0.05, 0) is 61.6 Å². The number of nitrogens with zero attached hydrogens (tertiary/aromatic N) is 1. The van der Waals surface area contributed by atoms with Gasteiger partial charge < -0.3 is 9.84 Å². The first-order chi connectivity index (χ1) is 12.5. The van der Waals surface area contributed by atoms with Crippen LogP contribution >= 0.6 is 23.4 Å². The van der Waals surface area contributed by atoms with E-state index in [9.17, 15) is 5.11 Å². The second kappa shape index (κ2) is 9.14. The zero-order chi connectivity index (χ0) is 18.5. The quantitative estimate of drug-likeness (QED) is 0.681. The van der Waals surface area contributed by atoms with Gasteiger partial charge in [-0.2, -0.15) is 0 Å². The summed E-state index contributed by atoms with van der Waals surface area (Å²) in [7, 11) is 0. The summed E-state index contributed by atoms with van der Waals surface area (Å²) >= 11 is 7.77. The Morgan fingerprint density at radius 2 is 2.04 bits per heavy atom. The van der Waals surface area contributed by atoms with Crippen molar-refractivity contribution in [2.75, 3.05) is 26.0 Å². The number of hydrogen-bond donors (Lipinski definition) is 1. The minimum Gasteiger partial charge on any atom is -0.493 e. The molecule has 1 aliphatic heterocycles. The topological polar surface area (TPSA) is 32.7 Å². The van der Waals surface area contributed by atoms with Gasteiger partial charge in [0.25, 0.3) is 0 Å². The van der Waals surface area contributed by atoms with Gasteiger partial charge in [0.05, 0.1) is 12.7 Å². The van der Waals surface area contributed by atoms with Gasteiger partial charge >= 0.3 is 0 Å². The Labute approximate surface area is 165 Å². The average Bonchev–Trinajstić information content (AvgIpc) is 3.00. The first-order valence-electron chi connectivity index (χ1n) is 8.99. The van der Waals surface area contributed by atoms with E-state index in [0.29, 0.717) is 30.1 Å². The van der Waals surface area contributed by atoms with Crippen molar-refractivity contribution in [3.63, 3.8) is 0 Å². The highest BCUT2D eigenvalue weighted by atomic mass is 35.5. The minimum absolute atomic E-state index is 0.441. The first-order valence-corrected chi connectivity index (χ1v) is 10.6. The lowest BCUT2D eigenvalue weighted by Gasteiger charge is -2.24. The van der Waals surface area contributed by atoms with E-state index >= 15 is 0 Å². The molecule has 2 aromatic carbocycles. The fourth-order valence-electron chi connectivity index (χ4n) is 3.52. The van der Waals surface area contributed by atoms with Gasteiger partial charge in [0.2, 0.25) is 0 Å². The Morgan fingerprint density at radius 3 is 2.73 bits per heavy atom. The molecule has 0 saturated carbocycles. The lowest BCUT2D eigenvalue weighted by atomic mass is 10.1. The van der Waals surface area contributed by atoms with Crippen LogP contribution in [0.1, 0.15) is 25.0 Å². The fourth-order valence-corrected chi connectivity index (χ4v) is 4.13. The van der Waals surface area contributed by atoms with Crippen LogP contribution in [-0.2, 0) is 0 Å². The van der Waals surface area contributed by atoms with Gasteiger partial charge in [-0.3, -0.25) is 4.90 Å². The zero-order valence-corrected chi connectivity index (χ0v) is 16.8. The summed E-state index contributed by atoms with van der Waals surface area (Å²) in [6.45, 7) is 4.51. The molecule has 1 heterocycles. The standard InChI is InChI=1S/C21H26ClNO2S/c1-15-10-16(14-25-19-6-8-20(26-2)9-7-19)12-23(15)13-21(24)17-4-3-5-18(22)11-17/h3-9,11,15-16,21,24H,10,12-14H2,1-2H3. The molecule has 0 aliphatic carbocycles. The molecule has 0 amide bonds. The van der Waals surface area contributed by atoms with E-state index in [1.54, 1.807) is 11.8 Å². The largest absolute Gasteiger partial charge is 0.493 e. The smallest absolute Gasteiger partial charge is 0.119 e. The minimum atomic E-state index is -0.519. The van der Waals surface area contributed by atoms with Crippen LogP contribution in [0.3, 0.4) is 0 Å². The van der Waals surface area contributed by atoms with Crippen molar-refractivity contribution in [2.45, 2.75) is 30.4 Å². The van der Waals surface area contributed by atoms with Crippen molar-refractivity contribution in [2.24, 2.45) is 5.92 Å². The zero-order valence-electron chi connectivity index (χ0n) is 15.3. The van der Waals surface area contributed by atoms with Crippen LogP contribution in [0.4, 0.5) is 0 Å². The number of ether oxygens (including phenoxy) is 1. The predicted molar refractivity (Wildman–Crippen MR) is 109 cm³/mol. The van der Waals surface area contributed by atoms with Crippen molar-refractivity contribution < 1.29 is 9.84 Å². The maximum Gasteiger partial charge on any atom is 0.119 e. The average molecular weight is 392 g/mol. The molecule has 0 spiro atoms. The van der Waals surface area contributed by atoms with E-state index in [1.165, 1.54) is 4.90 Å². The van der Waals surface area contributed by atoms with Gasteiger partial charge in [0, 0.05) is 35.0 Å². The van der Waals surface area contributed by atoms with Crippen molar-refractivity contribution in [3.05, 3.63) is 59.1 Å². The van der Waals surface area contributed by atoms with Gasteiger partial charge in [0.1, 0.15) is 5.75 Å². The Hall–Kier alpha value is -1.20. The van der Waals surface area contributed by atoms with E-state index in [4.69, 9.17) is 16.3 Å². The molecule has 1 fully saturated rings. The number of aliphatic hydroxyl groups is 1. The van der Waals surface area contributed by atoms with Crippen LogP contribution in [0.15, 0.2) is 53.4 Å². The van der Waals surface area contributed by atoms with Crippen LogP contribution in [-0.4, -0.2) is 42.0 Å². The summed E-state index contributed by atoms with van der Waals surface area (Å²) < 4.78 is 5.98. The molecule has 0 aromatic heterocycles. The molecule has 3 rings (SSSR count). The molecule has 3 atom stereocenters. The molecule has 2 aromatic rings. The number of likely N-dealkylation sites (tertiary alicyclic amines) is 1. The van der Waals surface area contributed by atoms with Gasteiger partial charge in [-0.1, -0.05) is 23.7 Å². The third kappa shape index (κ3) is 5.17. The van der Waals surface area contributed by atoms with Crippen molar-refractivity contribution in [1.29, 1.82) is 0 Å². The van der Waals surface area contributed by atoms with E-state index in [-0.39, 0.29) is 0 Å². The number of benzene rings is 2. The van der Waals surface area contributed by atoms with Gasteiger partial charge in [0.15, 0.2) is 0 Å². The number of hydrogen-bond acceptors (Lipinski definition) is 4. The fraction of sp³-hybridized carbons (Fsp3) is 0.429. The highest BCUT2D eigenvalue weighted by molar-refractivity contribution is 7.98. The van der Waals surface area contributed by atoms with Crippen LogP contribution in [0, 0.1) is 5.92 Å². The summed E-state index contributed by atoms with van der Waals surface area (Å²) in [4.78, 5) is 3.59. The SMILES string of the molecule is CSc1ccc(OCC2CC(C)N(CC(O)c3cccc(Cl)c3)C2)cc1. The molecule has 3 unspecified atom stereocenters. The third-order valence-electron chi connectivity index (χ3n) is 4.98. The molecule has 0 radical (unpaired) electrons. The Kier molecular flexibility index (Phi) is 6.87. The third-order valence-corrected chi connectivity index (χ3v) is 5.96. The van der Waals surface area contributed by atoms with Crippen LogP contribution < -0.4 is 4.74 Å². The van der Waals surface area contributed by atoms with Crippen LogP contribution in [0.2, 0.25) is 5.02 Å². The molecule has 3 nitrogen and oxygen atoms in total. The number of β-amino-alcohol motifs (C(OH)–C–C–N with tert-alkyl or cyclic N) is 1. The summed E-state index contributed by atoms with van der Waals surface area (Å²) in [6, 6.07) is 16.2. The van der Waals surface area contributed by atoms with E-state index in [1.807, 2.05) is 36.4 Å². The molecule has 5 heteroatoms. The number of rotatable bonds is 7. The molecular weight excluding hydrogens is 366 g/mol. The van der Waals surface area contributed by atoms with Crippen LogP contribution in [0.5, 0.6) is 5.75 Å². The second-order valence-corrected chi connectivity index (χ2v) is 8.28. The molecule has 0 bridgehead atoms. The van der Waals surface area contributed by atoms with Gasteiger partial charge in [-0.15, -0.1) is 11.8 Å². The van der Waals surface area contributed by atoms with Crippen molar-refractivity contribution >= 4 is 23.4 Å². The van der Waals surface area contributed by atoms with Crippen molar-refractivity contribution in [1.82, 2.24) is 4.90 Å². The highest BCUT2D eigenvalue weighted by Gasteiger charge is 2.30. The van der Waals surface area contributed by atoms with Crippen LogP contribution in [0.25, 0.3) is 0 Å². The number of halogens is 1. The van der Waals surface area contributed by atoms with E-state index in [2.05, 4.69) is 30.2 Å². The monoisotopic (exact) mass is 391 g/mol. The predicted octanol–water partition coefficient (Wildman–Crippen LogP) is 4.88. The number of aliphatic hydroxyl groups excluding tert-OH is 1. The normalized spacial score (nSPS) is 21.7. The van der Waals surface area contributed by atoms with Crippen molar-refractivity contribution in [3.8, 4) is 5.75 Å². The Bertz CT molecular complexity index is 709. The molecular formula is C21H26ClNO2S. The first kappa shape index (κ1) is 19.6. The maximum absolute atomic E-state index is 10.5. The Morgan fingerprint density at radius 1 is 1.27 bits per heavy atom. The summed E-state index contributed by atoms with van der Waals surface area (Å²) in [6.07, 6.45) is 2.64. The van der Waals surface area contributed by atoms with E-state index in [0.717, 1.165) is 24.3 Å². The molecule has 1 saturated heterocycles.